The van der Waals surface area contributed by atoms with Crippen molar-refractivity contribution in [1.29, 1.82) is 0 Å². The molecule has 0 aliphatic heterocycles. The number of urea groups is 1. The van der Waals surface area contributed by atoms with Crippen molar-refractivity contribution < 1.29 is 9.90 Å². The predicted molar refractivity (Wildman–Crippen MR) is 91.8 cm³/mol. The van der Waals surface area contributed by atoms with Gasteiger partial charge in [-0.3, -0.25) is 4.90 Å². The molecule has 1 saturated carbocycles. The van der Waals surface area contributed by atoms with Crippen molar-refractivity contribution in [2.45, 2.75) is 25.4 Å². The van der Waals surface area contributed by atoms with Crippen LogP contribution in [0.3, 0.4) is 0 Å². The van der Waals surface area contributed by atoms with Crippen LogP contribution < -0.4 is 10.2 Å². The lowest BCUT2D eigenvalue weighted by Crippen LogP contribution is -2.40. The van der Waals surface area contributed by atoms with E-state index in [1.54, 1.807) is 4.90 Å². The first-order chi connectivity index (χ1) is 11.3. The van der Waals surface area contributed by atoms with E-state index in [0.29, 0.717) is 6.54 Å². The summed E-state index contributed by atoms with van der Waals surface area (Å²) in [6, 6.07) is 19.0. The highest BCUT2D eigenvalue weighted by Gasteiger charge is 2.26. The molecule has 1 aliphatic carbocycles. The molecule has 0 aromatic heterocycles. The predicted octanol–water partition coefficient (Wildman–Crippen LogP) is 3.70. The van der Waals surface area contributed by atoms with Crippen LogP contribution in [0.4, 0.5) is 16.2 Å². The number of hydrogen-bond acceptors (Lipinski definition) is 2. The molecule has 2 aromatic rings. The molecule has 1 fully saturated rings. The zero-order valence-electron chi connectivity index (χ0n) is 13.1. The third-order valence-corrected chi connectivity index (χ3v) is 4.37. The van der Waals surface area contributed by atoms with E-state index in [9.17, 15) is 9.90 Å². The summed E-state index contributed by atoms with van der Waals surface area (Å²) in [7, 11) is 0. The summed E-state index contributed by atoms with van der Waals surface area (Å²) >= 11 is 0. The lowest BCUT2D eigenvalue weighted by atomic mass is 10.1. The number of aliphatic hydroxyl groups is 1. The van der Waals surface area contributed by atoms with Crippen LogP contribution in [-0.4, -0.2) is 23.8 Å². The molecular formula is C19H22N2O2. The minimum absolute atomic E-state index is 0.160. The van der Waals surface area contributed by atoms with Gasteiger partial charge in [-0.25, -0.2) is 4.79 Å². The minimum atomic E-state index is -0.294. The molecule has 0 radical (unpaired) electrons. The second kappa shape index (κ2) is 7.29. The van der Waals surface area contributed by atoms with Gasteiger partial charge < -0.3 is 10.4 Å². The molecule has 0 unspecified atom stereocenters. The number of benzene rings is 2. The van der Waals surface area contributed by atoms with E-state index in [2.05, 4.69) is 5.32 Å². The first-order valence-corrected chi connectivity index (χ1v) is 8.12. The topological polar surface area (TPSA) is 52.6 Å². The Kier molecular flexibility index (Phi) is 4.93. The first-order valence-electron chi connectivity index (χ1n) is 8.12. The van der Waals surface area contributed by atoms with E-state index >= 15 is 0 Å². The van der Waals surface area contributed by atoms with Gasteiger partial charge in [0.15, 0.2) is 0 Å². The maximum atomic E-state index is 12.7. The van der Waals surface area contributed by atoms with E-state index < -0.39 is 0 Å². The van der Waals surface area contributed by atoms with Crippen molar-refractivity contribution in [2.24, 2.45) is 5.92 Å². The highest BCUT2D eigenvalue weighted by atomic mass is 16.3. The van der Waals surface area contributed by atoms with Crippen LogP contribution in [0.15, 0.2) is 60.7 Å². The monoisotopic (exact) mass is 310 g/mol. The van der Waals surface area contributed by atoms with Crippen molar-refractivity contribution >= 4 is 17.4 Å². The van der Waals surface area contributed by atoms with Gasteiger partial charge in [-0.1, -0.05) is 42.8 Å². The average Bonchev–Trinajstić information content (AvgIpc) is 3.00. The van der Waals surface area contributed by atoms with Gasteiger partial charge in [0, 0.05) is 12.5 Å². The Hall–Kier alpha value is -2.33. The Morgan fingerprint density at radius 3 is 2.04 bits per heavy atom. The fourth-order valence-electron chi connectivity index (χ4n) is 3.09. The van der Waals surface area contributed by atoms with E-state index in [-0.39, 0.29) is 18.1 Å². The van der Waals surface area contributed by atoms with Crippen molar-refractivity contribution in [3.63, 3.8) is 0 Å². The number of anilines is 2. The minimum Gasteiger partial charge on any atom is -0.393 e. The van der Waals surface area contributed by atoms with Gasteiger partial charge in [0.05, 0.1) is 17.5 Å². The molecule has 0 saturated heterocycles. The van der Waals surface area contributed by atoms with Crippen molar-refractivity contribution in [2.75, 3.05) is 11.4 Å². The van der Waals surface area contributed by atoms with Crippen molar-refractivity contribution in [3.05, 3.63) is 60.7 Å². The van der Waals surface area contributed by atoms with E-state index in [1.807, 2.05) is 60.7 Å². The second-order valence-electron chi connectivity index (χ2n) is 5.95. The summed E-state index contributed by atoms with van der Waals surface area (Å²) in [5.74, 6) is 0.160. The number of carbonyl (C=O) groups is 1. The molecule has 1 aliphatic rings. The molecule has 2 atom stereocenters. The van der Waals surface area contributed by atoms with Gasteiger partial charge in [-0.15, -0.1) is 0 Å². The van der Waals surface area contributed by atoms with Crippen LogP contribution in [0, 0.1) is 5.92 Å². The van der Waals surface area contributed by atoms with E-state index in [0.717, 1.165) is 30.6 Å². The molecule has 0 bridgehead atoms. The molecule has 2 aromatic carbocycles. The highest BCUT2D eigenvalue weighted by molar-refractivity contribution is 5.99. The van der Waals surface area contributed by atoms with Crippen molar-refractivity contribution in [3.8, 4) is 0 Å². The third-order valence-electron chi connectivity index (χ3n) is 4.37. The Bertz CT molecular complexity index is 591. The Morgan fingerprint density at radius 2 is 1.57 bits per heavy atom. The lowest BCUT2D eigenvalue weighted by Gasteiger charge is -2.25. The van der Waals surface area contributed by atoms with Gasteiger partial charge in [-0.2, -0.15) is 0 Å². The number of nitrogens with one attached hydrogen (secondary N) is 1. The number of carbonyl (C=O) groups excluding carboxylic acids is 1. The largest absolute Gasteiger partial charge is 0.393 e. The SMILES string of the molecule is O=C(NC[C@@H]1CCC[C@@H]1O)N(c1ccccc1)c1ccccc1. The molecular weight excluding hydrogens is 288 g/mol. The number of amides is 2. The fourth-order valence-corrected chi connectivity index (χ4v) is 3.09. The molecule has 2 amide bonds. The van der Waals surface area contributed by atoms with Gasteiger partial charge in [0.25, 0.3) is 0 Å². The van der Waals surface area contributed by atoms with Crippen LogP contribution in [0.25, 0.3) is 0 Å². The van der Waals surface area contributed by atoms with Crippen LogP contribution in [-0.2, 0) is 0 Å². The summed E-state index contributed by atoms with van der Waals surface area (Å²) in [6.45, 7) is 0.510. The maximum Gasteiger partial charge on any atom is 0.326 e. The summed E-state index contributed by atoms with van der Waals surface area (Å²) in [5, 5.41) is 12.9. The molecule has 23 heavy (non-hydrogen) atoms. The smallest absolute Gasteiger partial charge is 0.326 e. The van der Waals surface area contributed by atoms with Crippen LogP contribution in [0.5, 0.6) is 0 Å². The molecule has 2 N–H and O–H groups in total. The van der Waals surface area contributed by atoms with Crippen LogP contribution in [0.1, 0.15) is 19.3 Å². The molecule has 4 heteroatoms. The molecule has 0 spiro atoms. The lowest BCUT2D eigenvalue weighted by molar-refractivity contribution is 0.133. The molecule has 3 rings (SSSR count). The quantitative estimate of drug-likeness (QED) is 0.905. The van der Waals surface area contributed by atoms with Crippen molar-refractivity contribution in [1.82, 2.24) is 5.32 Å². The van der Waals surface area contributed by atoms with Gasteiger partial charge in [0.2, 0.25) is 0 Å². The van der Waals surface area contributed by atoms with Crippen LogP contribution in [0.2, 0.25) is 0 Å². The number of hydrogen-bond donors (Lipinski definition) is 2. The highest BCUT2D eigenvalue weighted by Crippen LogP contribution is 2.27. The van der Waals surface area contributed by atoms with Crippen LogP contribution >= 0.6 is 0 Å². The van der Waals surface area contributed by atoms with E-state index in [4.69, 9.17) is 0 Å². The Morgan fingerprint density at radius 1 is 1.00 bits per heavy atom. The number of nitrogens with zero attached hydrogens (tertiary/aromatic N) is 1. The summed E-state index contributed by atoms with van der Waals surface area (Å²) in [4.78, 5) is 14.4. The number of rotatable bonds is 4. The molecule has 0 heterocycles. The Balaban J connectivity index is 1.77. The molecule has 4 nitrogen and oxygen atoms in total. The second-order valence-corrected chi connectivity index (χ2v) is 5.95. The normalized spacial score (nSPS) is 20.2. The number of para-hydroxylation sites is 2. The average molecular weight is 310 g/mol. The Labute approximate surface area is 136 Å². The van der Waals surface area contributed by atoms with Gasteiger partial charge in [0.1, 0.15) is 0 Å². The van der Waals surface area contributed by atoms with E-state index in [1.165, 1.54) is 0 Å². The number of aliphatic hydroxyl groups excluding tert-OH is 1. The summed E-state index contributed by atoms with van der Waals surface area (Å²) in [5.41, 5.74) is 1.64. The zero-order valence-corrected chi connectivity index (χ0v) is 13.1. The summed E-state index contributed by atoms with van der Waals surface area (Å²) in [6.07, 6.45) is 2.54. The van der Waals surface area contributed by atoms with Gasteiger partial charge in [-0.05, 0) is 37.1 Å². The standard InChI is InChI=1S/C19H22N2O2/c22-18-13-7-8-15(18)14-20-19(23)21(16-9-3-1-4-10-16)17-11-5-2-6-12-17/h1-6,9-12,15,18,22H,7-8,13-14H2,(H,20,23)/t15-,18-/m0/s1. The maximum absolute atomic E-state index is 12.7. The molecule has 120 valence electrons. The summed E-state index contributed by atoms with van der Waals surface area (Å²) < 4.78 is 0. The zero-order chi connectivity index (χ0) is 16.1. The first kappa shape index (κ1) is 15.6. The fraction of sp³-hybridized carbons (Fsp3) is 0.316. The van der Waals surface area contributed by atoms with Gasteiger partial charge >= 0.3 is 6.03 Å². The third kappa shape index (κ3) is 3.71.